The largest absolute Gasteiger partial charge is 0.348 e. The Morgan fingerprint density at radius 3 is 2.32 bits per heavy atom. The third-order valence-electron chi connectivity index (χ3n) is 9.24. The Bertz CT molecular complexity index is 1100. The average molecular weight is 548 g/mol. The lowest BCUT2D eigenvalue weighted by molar-refractivity contribution is -0.130. The fourth-order valence-electron chi connectivity index (χ4n) is 6.98. The van der Waals surface area contributed by atoms with Gasteiger partial charge in [-0.25, -0.2) is 8.78 Å². The summed E-state index contributed by atoms with van der Waals surface area (Å²) in [5.74, 6) is -0.534. The molecule has 1 amide bonds. The lowest BCUT2D eigenvalue weighted by Gasteiger charge is -2.40. The van der Waals surface area contributed by atoms with E-state index in [-0.39, 0.29) is 43.6 Å². The Kier molecular flexibility index (Phi) is 7.98. The number of piperidine rings is 1. The Morgan fingerprint density at radius 1 is 1.08 bits per heavy atom. The van der Waals surface area contributed by atoms with Crippen molar-refractivity contribution in [2.75, 3.05) is 6.54 Å². The highest BCUT2D eigenvalue weighted by Crippen LogP contribution is 2.43. The number of amides is 1. The van der Waals surface area contributed by atoms with Crippen LogP contribution >= 0.6 is 11.3 Å². The third-order valence-corrected chi connectivity index (χ3v) is 10.5. The van der Waals surface area contributed by atoms with Crippen LogP contribution in [0.5, 0.6) is 0 Å². The molecule has 2 bridgehead atoms. The quantitative estimate of drug-likeness (QED) is 0.403. The van der Waals surface area contributed by atoms with Crippen molar-refractivity contribution in [1.29, 1.82) is 0 Å². The molecule has 210 valence electrons. The molecule has 3 fully saturated rings. The first-order chi connectivity index (χ1) is 18.0. The number of carbonyl (C=O) groups excluding carboxylic acids is 1. The number of alkyl halides is 2. The van der Waals surface area contributed by atoms with Gasteiger partial charge in [-0.1, -0.05) is 13.8 Å². The van der Waals surface area contributed by atoms with E-state index in [2.05, 4.69) is 65.7 Å². The summed E-state index contributed by atoms with van der Waals surface area (Å²) in [4.78, 5) is 18.3. The van der Waals surface area contributed by atoms with Crippen molar-refractivity contribution in [3.8, 4) is 0 Å². The Labute approximate surface area is 229 Å². The van der Waals surface area contributed by atoms with Crippen LogP contribution in [-0.2, 0) is 4.79 Å². The van der Waals surface area contributed by atoms with Crippen molar-refractivity contribution in [3.05, 3.63) is 33.0 Å². The normalized spacial score (nSPS) is 26.7. The van der Waals surface area contributed by atoms with Gasteiger partial charge in [-0.3, -0.25) is 9.69 Å². The molecule has 1 N–H and O–H groups in total. The smallest absolute Gasteiger partial charge is 0.248 e. The zero-order chi connectivity index (χ0) is 27.2. The monoisotopic (exact) mass is 547 g/mol. The van der Waals surface area contributed by atoms with Crippen molar-refractivity contribution in [3.63, 3.8) is 0 Å². The lowest BCUT2D eigenvalue weighted by atomic mass is 9.86. The van der Waals surface area contributed by atoms with Crippen LogP contribution in [0.1, 0.15) is 117 Å². The molecule has 6 nitrogen and oxygen atoms in total. The predicted octanol–water partition coefficient (Wildman–Crippen LogP) is 6.63. The lowest BCUT2D eigenvalue weighted by Crippen LogP contribution is -2.45. The Morgan fingerprint density at radius 2 is 1.74 bits per heavy atom. The number of nitrogens with zero attached hydrogens (tertiary/aromatic N) is 4. The second-order valence-corrected chi connectivity index (χ2v) is 13.5. The molecule has 1 saturated carbocycles. The maximum Gasteiger partial charge on any atom is 0.248 e. The molecule has 0 radical (unpaired) electrons. The first-order valence-corrected chi connectivity index (χ1v) is 15.3. The molecule has 0 aromatic carbocycles. The van der Waals surface area contributed by atoms with Crippen molar-refractivity contribution in [2.24, 2.45) is 5.92 Å². The van der Waals surface area contributed by atoms with Gasteiger partial charge in [0.05, 0.1) is 6.04 Å². The average Bonchev–Trinajstić information content (AvgIpc) is 3.48. The minimum Gasteiger partial charge on any atom is -0.348 e. The Balaban J connectivity index is 1.26. The fourth-order valence-corrected chi connectivity index (χ4v) is 8.11. The summed E-state index contributed by atoms with van der Waals surface area (Å²) in [6, 6.07) is 3.63. The number of thiophene rings is 1. The van der Waals surface area contributed by atoms with Crippen LogP contribution in [0.4, 0.5) is 8.78 Å². The number of hydrogen-bond donors (Lipinski definition) is 1. The van der Waals surface area contributed by atoms with E-state index in [0.29, 0.717) is 24.0 Å². The fraction of sp³-hybridized carbons (Fsp3) is 0.759. The van der Waals surface area contributed by atoms with Crippen LogP contribution in [0.15, 0.2) is 6.07 Å². The number of rotatable bonds is 8. The van der Waals surface area contributed by atoms with Crippen LogP contribution in [0.25, 0.3) is 0 Å². The number of nitrogens with one attached hydrogen (secondary N) is 1. The molecule has 3 aliphatic rings. The van der Waals surface area contributed by atoms with Crippen molar-refractivity contribution >= 4 is 17.2 Å². The van der Waals surface area contributed by atoms with Gasteiger partial charge in [0.1, 0.15) is 11.6 Å². The number of aryl methyl sites for hydroxylation is 3. The molecule has 2 saturated heterocycles. The molecule has 0 spiro atoms. The standard InChI is InChI=1S/C29H43F2N5OS/c1-17(2)27-34-33-20(5)36(27)24-15-22-6-7-23(16-24)35(22)13-10-25(26-14-18(3)19(4)38-26)32-28(37)21-8-11-29(30,31)12-9-21/h14,17,21-25H,6-13,15-16H2,1-5H3,(H,32,37)/t22?,23?,24?,25-/m0/s1. The van der Waals surface area contributed by atoms with Gasteiger partial charge in [0.2, 0.25) is 11.8 Å². The van der Waals surface area contributed by atoms with E-state index < -0.39 is 5.92 Å². The van der Waals surface area contributed by atoms with E-state index in [1.165, 1.54) is 28.2 Å². The van der Waals surface area contributed by atoms with Gasteiger partial charge < -0.3 is 9.88 Å². The summed E-state index contributed by atoms with van der Waals surface area (Å²) in [6.07, 6.45) is 5.66. The van der Waals surface area contributed by atoms with Crippen molar-refractivity contribution in [2.45, 2.75) is 128 Å². The highest BCUT2D eigenvalue weighted by atomic mass is 32.1. The van der Waals surface area contributed by atoms with Gasteiger partial charge in [0.25, 0.3) is 0 Å². The number of halogens is 2. The minimum atomic E-state index is -2.62. The molecular formula is C29H43F2N5OS. The zero-order valence-electron chi connectivity index (χ0n) is 23.5. The first kappa shape index (κ1) is 27.7. The summed E-state index contributed by atoms with van der Waals surface area (Å²) in [5, 5.41) is 12.2. The molecule has 4 heterocycles. The predicted molar refractivity (Wildman–Crippen MR) is 147 cm³/mol. The highest BCUT2D eigenvalue weighted by molar-refractivity contribution is 7.12. The maximum atomic E-state index is 13.7. The molecule has 2 unspecified atom stereocenters. The summed E-state index contributed by atoms with van der Waals surface area (Å²) in [5.41, 5.74) is 1.24. The molecule has 2 aromatic heterocycles. The van der Waals surface area contributed by atoms with E-state index in [1.54, 1.807) is 11.3 Å². The molecule has 2 aromatic rings. The van der Waals surface area contributed by atoms with Gasteiger partial charge in [0.15, 0.2) is 0 Å². The first-order valence-electron chi connectivity index (χ1n) is 14.4. The summed E-state index contributed by atoms with van der Waals surface area (Å²) >= 11 is 1.75. The van der Waals surface area contributed by atoms with Crippen molar-refractivity contribution in [1.82, 2.24) is 25.0 Å². The van der Waals surface area contributed by atoms with Crippen molar-refractivity contribution < 1.29 is 13.6 Å². The van der Waals surface area contributed by atoms with Crippen LogP contribution < -0.4 is 5.32 Å². The minimum absolute atomic E-state index is 0.0554. The van der Waals surface area contributed by atoms with E-state index in [9.17, 15) is 13.6 Å². The summed E-state index contributed by atoms with van der Waals surface area (Å²) in [6.45, 7) is 11.6. The van der Waals surface area contributed by atoms with E-state index in [1.807, 2.05) is 0 Å². The van der Waals surface area contributed by atoms with E-state index in [4.69, 9.17) is 0 Å². The maximum absolute atomic E-state index is 13.7. The molecule has 1 aliphatic carbocycles. The van der Waals surface area contributed by atoms with Gasteiger partial charge in [-0.05, 0) is 77.3 Å². The van der Waals surface area contributed by atoms with Gasteiger partial charge in [0, 0.05) is 59.1 Å². The molecule has 5 rings (SSSR count). The molecule has 9 heteroatoms. The molecule has 38 heavy (non-hydrogen) atoms. The van der Waals surface area contributed by atoms with Gasteiger partial charge >= 0.3 is 0 Å². The summed E-state index contributed by atoms with van der Waals surface area (Å²) in [7, 11) is 0. The summed E-state index contributed by atoms with van der Waals surface area (Å²) < 4.78 is 29.7. The number of fused-ring (bicyclic) bond motifs is 2. The molecule has 3 atom stereocenters. The van der Waals surface area contributed by atoms with Crippen LogP contribution in [-0.4, -0.2) is 50.1 Å². The number of aromatic nitrogens is 3. The van der Waals surface area contributed by atoms with Gasteiger partial charge in [-0.2, -0.15) is 0 Å². The second-order valence-electron chi connectivity index (χ2n) is 12.2. The SMILES string of the molecule is Cc1cc([C@H](CCN2C3CCC2CC(n2c(C)nnc2C(C)C)C3)NC(=O)C2CCC(F)(F)CC2)sc1C. The third kappa shape index (κ3) is 5.69. The van der Waals surface area contributed by atoms with Crippen LogP contribution in [0.3, 0.4) is 0 Å². The van der Waals surface area contributed by atoms with Crippen LogP contribution in [0.2, 0.25) is 0 Å². The van der Waals surface area contributed by atoms with E-state index in [0.717, 1.165) is 37.5 Å². The van der Waals surface area contributed by atoms with Gasteiger partial charge in [-0.15, -0.1) is 21.5 Å². The molecular weight excluding hydrogens is 504 g/mol. The van der Waals surface area contributed by atoms with Crippen LogP contribution in [0, 0.1) is 26.7 Å². The topological polar surface area (TPSA) is 63.1 Å². The number of carbonyl (C=O) groups is 1. The number of hydrogen-bond acceptors (Lipinski definition) is 5. The zero-order valence-corrected chi connectivity index (χ0v) is 24.3. The molecule has 2 aliphatic heterocycles. The Hall–Kier alpha value is -1.87. The highest BCUT2D eigenvalue weighted by Gasteiger charge is 2.43. The second kappa shape index (κ2) is 11.0. The van der Waals surface area contributed by atoms with E-state index >= 15 is 0 Å².